The van der Waals surface area contributed by atoms with Gasteiger partial charge < -0.3 is 15.6 Å². The molecule has 0 saturated carbocycles. The number of anilines is 1. The number of hydrogen-bond donors (Lipinski definition) is 1. The normalized spacial score (nSPS) is 14.8. The predicted molar refractivity (Wildman–Crippen MR) is 74.9 cm³/mol. The van der Waals surface area contributed by atoms with Gasteiger partial charge in [-0.3, -0.25) is 4.90 Å². The van der Waals surface area contributed by atoms with Crippen molar-refractivity contribution in [3.8, 4) is 5.69 Å². The van der Waals surface area contributed by atoms with Gasteiger partial charge in [-0.15, -0.1) is 5.10 Å². The second-order valence-corrected chi connectivity index (χ2v) is 5.01. The van der Waals surface area contributed by atoms with E-state index < -0.39 is 5.95 Å². The summed E-state index contributed by atoms with van der Waals surface area (Å²) in [5.41, 5.74) is 8.12. The summed E-state index contributed by atoms with van der Waals surface area (Å²) in [6.07, 6.45) is 0.209. The Bertz CT molecular complexity index is 792. The molecule has 1 aliphatic rings. The number of fused-ring (bicyclic) bond motifs is 1. The zero-order valence-corrected chi connectivity index (χ0v) is 12.0. The van der Waals surface area contributed by atoms with Crippen LogP contribution in [0.2, 0.25) is 0 Å². The zero-order chi connectivity index (χ0) is 15.1. The first-order valence-corrected chi connectivity index (χ1v) is 6.41. The highest BCUT2D eigenvalue weighted by molar-refractivity contribution is 5.43. The molecule has 0 saturated heterocycles. The Hall–Kier alpha value is -2.54. The Kier molecular flexibility index (Phi) is 3.06. The maximum atomic E-state index is 12.1. The van der Waals surface area contributed by atoms with Crippen LogP contribution in [0.5, 0.6) is 0 Å². The molecule has 7 heteroatoms. The van der Waals surface area contributed by atoms with Crippen molar-refractivity contribution >= 4 is 11.8 Å². The first-order valence-electron chi connectivity index (χ1n) is 6.41. The summed E-state index contributed by atoms with van der Waals surface area (Å²) in [6, 6.07) is 7.70. The molecule has 109 valence electrons. The Labute approximate surface area is 121 Å². The molecule has 21 heavy (non-hydrogen) atoms. The molecule has 2 heterocycles. The van der Waals surface area contributed by atoms with Gasteiger partial charge in [-0.25, -0.2) is 9.67 Å². The smallest absolute Gasteiger partial charge is 0.221 e. The maximum absolute atomic E-state index is 12.1. The molecule has 0 fully saturated rings. The minimum absolute atomic E-state index is 0.108. The third-order valence-corrected chi connectivity index (χ3v) is 3.14. The quantitative estimate of drug-likeness (QED) is 0.752. The topological polar surface area (TPSA) is 91.7 Å². The molecule has 0 aliphatic carbocycles. The second kappa shape index (κ2) is 4.78. The van der Waals surface area contributed by atoms with Crippen LogP contribution in [0.4, 0.5) is 5.82 Å². The molecule has 3 rings (SSSR count). The molecule has 1 aliphatic heterocycles. The molecular weight excluding hydrogens is 270 g/mol. The van der Waals surface area contributed by atoms with Gasteiger partial charge in [-0.05, 0) is 33.2 Å². The monoisotopic (exact) mass is 285 g/mol. The molecule has 0 amide bonds. The van der Waals surface area contributed by atoms with Gasteiger partial charge in [0.25, 0.3) is 0 Å². The lowest BCUT2D eigenvalue weighted by Crippen LogP contribution is -2.42. The van der Waals surface area contributed by atoms with Gasteiger partial charge in [0.05, 0.1) is 16.9 Å². The number of nitrogen functional groups attached to an aromatic ring is 1. The summed E-state index contributed by atoms with van der Waals surface area (Å²) in [4.78, 5) is 5.95. The van der Waals surface area contributed by atoms with Crippen LogP contribution in [-0.2, 0) is 4.74 Å². The highest BCUT2D eigenvalue weighted by atomic mass is 16.6. The van der Waals surface area contributed by atoms with Crippen LogP contribution < -0.4 is 21.5 Å². The molecular formula is C14H15N5O2-. The van der Waals surface area contributed by atoms with Gasteiger partial charge >= 0.3 is 0 Å². The van der Waals surface area contributed by atoms with Crippen molar-refractivity contribution in [3.63, 3.8) is 0 Å². The molecule has 2 aromatic rings. The number of hydrogen-bond acceptors (Lipinski definition) is 6. The van der Waals surface area contributed by atoms with Gasteiger partial charge in [-0.2, -0.15) is 0 Å². The van der Waals surface area contributed by atoms with Crippen LogP contribution in [0.25, 0.3) is 11.6 Å². The van der Waals surface area contributed by atoms with Gasteiger partial charge in [0, 0.05) is 0 Å². The number of ether oxygens (including phenoxy) is 1. The maximum Gasteiger partial charge on any atom is 0.221 e. The van der Waals surface area contributed by atoms with E-state index >= 15 is 0 Å². The lowest BCUT2D eigenvalue weighted by molar-refractivity contribution is -0.294. The highest BCUT2D eigenvalue weighted by Gasteiger charge is 2.18. The van der Waals surface area contributed by atoms with E-state index in [9.17, 15) is 5.11 Å². The average molecular weight is 285 g/mol. The van der Waals surface area contributed by atoms with Crippen molar-refractivity contribution in [1.29, 1.82) is 0 Å². The lowest BCUT2D eigenvalue weighted by Gasteiger charge is -2.29. The molecule has 1 aromatic carbocycles. The fraction of sp³-hybridized carbons (Fsp3) is 0.214. The summed E-state index contributed by atoms with van der Waals surface area (Å²) < 4.78 is 6.68. The number of benzene rings is 1. The lowest BCUT2D eigenvalue weighted by atomic mass is 10.2. The van der Waals surface area contributed by atoms with Crippen LogP contribution in [0.15, 0.2) is 29.3 Å². The van der Waals surface area contributed by atoms with Gasteiger partial charge in [0.1, 0.15) is 0 Å². The van der Waals surface area contributed by atoms with Crippen LogP contribution in [0.3, 0.4) is 0 Å². The highest BCUT2D eigenvalue weighted by Crippen LogP contribution is 2.13. The molecule has 1 aromatic heterocycles. The van der Waals surface area contributed by atoms with Crippen molar-refractivity contribution in [2.75, 3.05) is 19.8 Å². The first-order chi connectivity index (χ1) is 9.97. The summed E-state index contributed by atoms with van der Waals surface area (Å²) in [5, 5.41) is 16.5. The Morgan fingerprint density at radius 2 is 1.90 bits per heavy atom. The largest absolute Gasteiger partial charge is 0.572 e. The van der Waals surface area contributed by atoms with E-state index in [1.165, 1.54) is 0 Å². The molecule has 0 unspecified atom stereocenters. The van der Waals surface area contributed by atoms with Gasteiger partial charge in [-0.1, -0.05) is 17.7 Å². The Balaban J connectivity index is 2.26. The Morgan fingerprint density at radius 3 is 2.52 bits per heavy atom. The van der Waals surface area contributed by atoms with E-state index in [0.717, 1.165) is 11.3 Å². The number of nitrogens with two attached hydrogens (primary N) is 1. The third-order valence-electron chi connectivity index (χ3n) is 3.14. The van der Waals surface area contributed by atoms with Crippen LogP contribution in [0.1, 0.15) is 5.56 Å². The van der Waals surface area contributed by atoms with Crippen molar-refractivity contribution in [2.24, 2.45) is 4.99 Å². The van der Waals surface area contributed by atoms with Crippen LogP contribution in [-0.4, -0.2) is 28.8 Å². The van der Waals surface area contributed by atoms with Crippen LogP contribution >= 0.6 is 0 Å². The van der Waals surface area contributed by atoms with E-state index in [4.69, 9.17) is 10.5 Å². The second-order valence-electron chi connectivity index (χ2n) is 5.01. The van der Waals surface area contributed by atoms with E-state index in [-0.39, 0.29) is 17.4 Å². The molecule has 0 atom stereocenters. The van der Waals surface area contributed by atoms with E-state index in [1.807, 2.05) is 31.2 Å². The van der Waals surface area contributed by atoms with Crippen molar-refractivity contribution in [3.05, 3.63) is 46.9 Å². The summed E-state index contributed by atoms with van der Waals surface area (Å²) in [6.45, 7) is 2.00. The summed E-state index contributed by atoms with van der Waals surface area (Å²) >= 11 is 0. The van der Waals surface area contributed by atoms with Crippen molar-refractivity contribution in [1.82, 2.24) is 14.7 Å². The van der Waals surface area contributed by atoms with Crippen molar-refractivity contribution in [2.45, 2.75) is 6.92 Å². The molecule has 2 N–H and O–H groups in total. The fourth-order valence-electron chi connectivity index (χ4n) is 2.03. The van der Waals surface area contributed by atoms with Gasteiger partial charge in [0.2, 0.25) is 6.35 Å². The molecule has 7 nitrogen and oxygen atoms in total. The van der Waals surface area contributed by atoms with E-state index in [2.05, 4.69) is 10.1 Å². The number of aromatic nitrogens is 2. The van der Waals surface area contributed by atoms with Crippen LogP contribution in [0, 0.1) is 13.3 Å². The Morgan fingerprint density at radius 1 is 1.24 bits per heavy atom. The third kappa shape index (κ3) is 2.21. The van der Waals surface area contributed by atoms with E-state index in [1.54, 1.807) is 23.7 Å². The zero-order valence-electron chi connectivity index (χ0n) is 12.0. The molecule has 0 bridgehead atoms. The summed E-state index contributed by atoms with van der Waals surface area (Å²) in [5.74, 6) is -0.434. The number of aryl methyl sites for hydroxylation is 1. The minimum atomic E-state index is -0.542. The summed E-state index contributed by atoms with van der Waals surface area (Å²) in [7, 11) is 3.49. The average Bonchev–Trinajstić information content (AvgIpc) is 2.77. The standard InChI is InChI=1S/C14H16N5O2/c1-8-4-6-9(7-5-8)19-12-10(11(15)17-19)13(20)21-14(16-12)18(2)3/h4-7,20H,1-3H3,(H2,15,17)/p-1. The van der Waals surface area contributed by atoms with Crippen molar-refractivity contribution < 1.29 is 9.84 Å². The molecule has 1 radical (unpaired) electrons. The number of nitrogens with zero attached hydrogens (tertiary/aromatic N) is 4. The molecule has 0 spiro atoms. The first kappa shape index (κ1) is 13.4. The minimum Gasteiger partial charge on any atom is -0.572 e. The fourth-order valence-corrected chi connectivity index (χ4v) is 2.03. The predicted octanol–water partition coefficient (Wildman–Crippen LogP) is -1.15. The number of rotatable bonds is 2. The van der Waals surface area contributed by atoms with E-state index in [0.29, 0.717) is 5.49 Å². The van der Waals surface area contributed by atoms with Gasteiger partial charge in [0.15, 0.2) is 11.3 Å². The SMILES string of the molecule is Cc1ccc(-n2nc(N)c3c2=N[C](N(C)C)OC=3[O-])cc1.